The Morgan fingerprint density at radius 2 is 2.00 bits per heavy atom. The standard InChI is InChI=1S/C11H14ClNO2/c1-7-5-4-6-10(13(14)15)11(7)8(2)9(3)12/h4-6,8-9H,1-3H3. The minimum atomic E-state index is -0.349. The molecule has 0 spiro atoms. The van der Waals surface area contributed by atoms with E-state index in [1.54, 1.807) is 6.07 Å². The molecule has 82 valence electrons. The number of hydrogen-bond acceptors (Lipinski definition) is 2. The predicted octanol–water partition coefficient (Wildman–Crippen LogP) is 3.63. The van der Waals surface area contributed by atoms with Crippen LogP contribution in [0, 0.1) is 17.0 Å². The van der Waals surface area contributed by atoms with Crippen LogP contribution in [-0.4, -0.2) is 10.3 Å². The maximum Gasteiger partial charge on any atom is 0.273 e. The Morgan fingerprint density at radius 1 is 1.40 bits per heavy atom. The zero-order chi connectivity index (χ0) is 11.6. The van der Waals surface area contributed by atoms with Crippen molar-refractivity contribution in [1.82, 2.24) is 0 Å². The van der Waals surface area contributed by atoms with E-state index in [9.17, 15) is 10.1 Å². The lowest BCUT2D eigenvalue weighted by Gasteiger charge is -2.16. The van der Waals surface area contributed by atoms with Gasteiger partial charge in [0.15, 0.2) is 0 Å². The van der Waals surface area contributed by atoms with Crippen LogP contribution < -0.4 is 0 Å². The van der Waals surface area contributed by atoms with Crippen LogP contribution in [0.15, 0.2) is 18.2 Å². The van der Waals surface area contributed by atoms with Crippen molar-refractivity contribution in [1.29, 1.82) is 0 Å². The second-order valence-corrected chi connectivity index (χ2v) is 4.42. The van der Waals surface area contributed by atoms with Gasteiger partial charge in [0.25, 0.3) is 5.69 Å². The van der Waals surface area contributed by atoms with Crippen molar-refractivity contribution in [3.8, 4) is 0 Å². The van der Waals surface area contributed by atoms with Crippen LogP contribution in [0.3, 0.4) is 0 Å². The molecule has 0 radical (unpaired) electrons. The molecule has 1 aromatic carbocycles. The second-order valence-electron chi connectivity index (χ2n) is 3.73. The van der Waals surface area contributed by atoms with Gasteiger partial charge in [-0.05, 0) is 19.4 Å². The smallest absolute Gasteiger partial charge is 0.258 e. The van der Waals surface area contributed by atoms with Crippen molar-refractivity contribution in [3.05, 3.63) is 39.4 Å². The van der Waals surface area contributed by atoms with Crippen LogP contribution in [-0.2, 0) is 0 Å². The molecule has 0 N–H and O–H groups in total. The van der Waals surface area contributed by atoms with Crippen molar-refractivity contribution >= 4 is 17.3 Å². The van der Waals surface area contributed by atoms with Crippen LogP contribution in [0.4, 0.5) is 5.69 Å². The number of benzene rings is 1. The third kappa shape index (κ3) is 2.48. The Bertz CT molecular complexity index is 377. The van der Waals surface area contributed by atoms with E-state index >= 15 is 0 Å². The molecule has 0 amide bonds. The predicted molar refractivity (Wildman–Crippen MR) is 61.6 cm³/mol. The van der Waals surface area contributed by atoms with Crippen molar-refractivity contribution in [2.24, 2.45) is 0 Å². The molecule has 0 aliphatic heterocycles. The summed E-state index contributed by atoms with van der Waals surface area (Å²) in [7, 11) is 0. The maximum absolute atomic E-state index is 10.9. The van der Waals surface area contributed by atoms with Gasteiger partial charge >= 0.3 is 0 Å². The fraction of sp³-hybridized carbons (Fsp3) is 0.455. The first-order valence-electron chi connectivity index (χ1n) is 4.83. The van der Waals surface area contributed by atoms with Gasteiger partial charge in [0, 0.05) is 22.9 Å². The molecule has 0 aromatic heterocycles. The Hall–Kier alpha value is -1.09. The molecule has 3 nitrogen and oxygen atoms in total. The molecule has 15 heavy (non-hydrogen) atoms. The van der Waals surface area contributed by atoms with E-state index in [1.807, 2.05) is 26.8 Å². The largest absolute Gasteiger partial charge is 0.273 e. The molecule has 0 bridgehead atoms. The summed E-state index contributed by atoms with van der Waals surface area (Å²) in [5.74, 6) is -0.0201. The molecule has 0 saturated carbocycles. The lowest BCUT2D eigenvalue weighted by molar-refractivity contribution is -0.385. The highest BCUT2D eigenvalue weighted by Gasteiger charge is 2.23. The van der Waals surface area contributed by atoms with Gasteiger partial charge in [0.2, 0.25) is 0 Å². The number of aryl methyl sites for hydroxylation is 1. The van der Waals surface area contributed by atoms with Crippen LogP contribution in [0.25, 0.3) is 0 Å². The van der Waals surface area contributed by atoms with Gasteiger partial charge in [-0.15, -0.1) is 11.6 Å². The molecule has 0 fully saturated rings. The average Bonchev–Trinajstić information content (AvgIpc) is 2.16. The van der Waals surface area contributed by atoms with E-state index < -0.39 is 0 Å². The quantitative estimate of drug-likeness (QED) is 0.450. The molecule has 0 aliphatic rings. The fourth-order valence-corrected chi connectivity index (χ4v) is 1.77. The van der Waals surface area contributed by atoms with Crippen LogP contribution in [0.2, 0.25) is 0 Å². The summed E-state index contributed by atoms with van der Waals surface area (Å²) in [5.41, 5.74) is 1.82. The lowest BCUT2D eigenvalue weighted by atomic mass is 9.92. The summed E-state index contributed by atoms with van der Waals surface area (Å²) >= 11 is 5.99. The molecule has 0 aliphatic carbocycles. The Labute approximate surface area is 94.2 Å². The molecule has 2 unspecified atom stereocenters. The summed E-state index contributed by atoms with van der Waals surface area (Å²) in [6.45, 7) is 5.63. The van der Waals surface area contributed by atoms with Crippen molar-refractivity contribution < 1.29 is 4.92 Å². The Morgan fingerprint density at radius 3 is 2.47 bits per heavy atom. The third-order valence-electron chi connectivity index (χ3n) is 2.64. The number of halogens is 1. The molecule has 0 saturated heterocycles. The zero-order valence-electron chi connectivity index (χ0n) is 9.03. The Kier molecular flexibility index (Phi) is 3.69. The molecule has 0 heterocycles. The number of rotatable bonds is 3. The molecule has 1 rings (SSSR count). The van der Waals surface area contributed by atoms with E-state index in [-0.39, 0.29) is 21.9 Å². The van der Waals surface area contributed by atoms with Crippen LogP contribution in [0.1, 0.15) is 30.9 Å². The van der Waals surface area contributed by atoms with Gasteiger partial charge in [0.1, 0.15) is 0 Å². The molecular formula is C11H14ClNO2. The molecule has 2 atom stereocenters. The van der Waals surface area contributed by atoms with Gasteiger partial charge in [-0.25, -0.2) is 0 Å². The molecule has 4 heteroatoms. The lowest BCUT2D eigenvalue weighted by Crippen LogP contribution is -2.09. The van der Waals surface area contributed by atoms with Gasteiger partial charge in [-0.3, -0.25) is 10.1 Å². The normalized spacial score (nSPS) is 14.7. The highest BCUT2D eigenvalue weighted by Crippen LogP contribution is 2.33. The maximum atomic E-state index is 10.9. The monoisotopic (exact) mass is 227 g/mol. The molecule has 1 aromatic rings. The van der Waals surface area contributed by atoms with E-state index in [4.69, 9.17) is 11.6 Å². The first kappa shape index (κ1) is 12.0. The van der Waals surface area contributed by atoms with E-state index in [2.05, 4.69) is 0 Å². The van der Waals surface area contributed by atoms with Gasteiger partial charge < -0.3 is 0 Å². The highest BCUT2D eigenvalue weighted by atomic mass is 35.5. The first-order chi connectivity index (χ1) is 6.95. The van der Waals surface area contributed by atoms with Crippen LogP contribution in [0.5, 0.6) is 0 Å². The molecular weight excluding hydrogens is 214 g/mol. The van der Waals surface area contributed by atoms with E-state index in [1.165, 1.54) is 6.07 Å². The highest BCUT2D eigenvalue weighted by molar-refractivity contribution is 6.20. The minimum absolute atomic E-state index is 0.0201. The summed E-state index contributed by atoms with van der Waals surface area (Å²) in [5, 5.41) is 10.7. The average molecular weight is 228 g/mol. The van der Waals surface area contributed by atoms with Gasteiger partial charge in [0.05, 0.1) is 4.92 Å². The zero-order valence-corrected chi connectivity index (χ0v) is 9.78. The van der Waals surface area contributed by atoms with Gasteiger partial charge in [-0.2, -0.15) is 0 Å². The fourth-order valence-electron chi connectivity index (χ4n) is 1.65. The van der Waals surface area contributed by atoms with Crippen LogP contribution >= 0.6 is 11.6 Å². The number of hydrogen-bond donors (Lipinski definition) is 0. The summed E-state index contributed by atoms with van der Waals surface area (Å²) in [6, 6.07) is 5.10. The number of nitrogens with zero attached hydrogens (tertiary/aromatic N) is 1. The Balaban J connectivity index is 3.30. The summed E-state index contributed by atoms with van der Waals surface area (Å²) in [6.07, 6.45) is 0. The van der Waals surface area contributed by atoms with Crippen molar-refractivity contribution in [2.75, 3.05) is 0 Å². The number of nitro benzene ring substituents is 1. The SMILES string of the molecule is Cc1cccc([N+](=O)[O-])c1C(C)C(C)Cl. The van der Waals surface area contributed by atoms with Crippen molar-refractivity contribution in [3.63, 3.8) is 0 Å². The first-order valence-corrected chi connectivity index (χ1v) is 5.26. The summed E-state index contributed by atoms with van der Waals surface area (Å²) < 4.78 is 0. The summed E-state index contributed by atoms with van der Waals surface area (Å²) in [4.78, 5) is 10.5. The number of nitro groups is 1. The second kappa shape index (κ2) is 4.62. The van der Waals surface area contributed by atoms with E-state index in [0.29, 0.717) is 0 Å². The number of alkyl halides is 1. The topological polar surface area (TPSA) is 43.1 Å². The van der Waals surface area contributed by atoms with Gasteiger partial charge in [-0.1, -0.05) is 19.1 Å². The third-order valence-corrected chi connectivity index (χ3v) is 3.02. The van der Waals surface area contributed by atoms with E-state index in [0.717, 1.165) is 11.1 Å². The van der Waals surface area contributed by atoms with Crippen molar-refractivity contribution in [2.45, 2.75) is 32.1 Å². The minimum Gasteiger partial charge on any atom is -0.258 e.